The van der Waals surface area contributed by atoms with Crippen LogP contribution in [0.5, 0.6) is 0 Å². The van der Waals surface area contributed by atoms with E-state index in [1.54, 1.807) is 0 Å². The molecule has 0 saturated heterocycles. The monoisotopic (exact) mass is 1420 g/mol. The van der Waals surface area contributed by atoms with Crippen LogP contribution in [0, 0.1) is 0 Å². The lowest BCUT2D eigenvalue weighted by atomic mass is 9.70. The van der Waals surface area contributed by atoms with Gasteiger partial charge in [-0.1, -0.05) is 332 Å². The van der Waals surface area contributed by atoms with Crippen LogP contribution in [-0.2, 0) is 27.7 Å². The van der Waals surface area contributed by atoms with Gasteiger partial charge < -0.3 is 9.80 Å². The van der Waals surface area contributed by atoms with Crippen LogP contribution in [0.4, 0.5) is 34.1 Å². The molecule has 6 aliphatic rings. The molecule has 0 heterocycles. The van der Waals surface area contributed by atoms with Crippen LogP contribution in [0.25, 0.3) is 77.9 Å². The first-order chi connectivity index (χ1) is 52.4. The molecule has 21 rings (SSSR count). The lowest BCUT2D eigenvalue weighted by Crippen LogP contribution is -2.44. The van der Waals surface area contributed by atoms with Crippen LogP contribution in [0.15, 0.2) is 334 Å². The largest absolute Gasteiger partial charge is 0.310 e. The maximum absolute atomic E-state index is 2.57. The molecule has 0 radical (unpaired) electrons. The molecule has 0 saturated carbocycles. The van der Waals surface area contributed by atoms with Gasteiger partial charge in [0.25, 0.3) is 0 Å². The normalized spacial score (nSPS) is 15.0. The molecular formula is C104H84N2Si2. The number of anilines is 6. The van der Waals surface area contributed by atoms with E-state index in [1.165, 1.54) is 161 Å². The van der Waals surface area contributed by atoms with Crippen molar-refractivity contribution in [1.82, 2.24) is 0 Å². The molecule has 6 aliphatic carbocycles. The molecule has 518 valence electrons. The van der Waals surface area contributed by atoms with Crippen molar-refractivity contribution in [3.05, 3.63) is 406 Å². The highest BCUT2D eigenvalue weighted by molar-refractivity contribution is 6.89. The van der Waals surface area contributed by atoms with E-state index in [1.807, 2.05) is 0 Å². The van der Waals surface area contributed by atoms with Gasteiger partial charge in [-0.3, -0.25) is 0 Å². The van der Waals surface area contributed by atoms with Crippen molar-refractivity contribution in [2.24, 2.45) is 0 Å². The Morgan fingerprint density at radius 1 is 0.222 bits per heavy atom. The van der Waals surface area contributed by atoms with Crippen LogP contribution < -0.4 is 20.2 Å². The minimum absolute atomic E-state index is 0.164. The number of rotatable bonds is 11. The van der Waals surface area contributed by atoms with E-state index in [2.05, 4.69) is 404 Å². The molecule has 2 spiro atoms. The Hall–Kier alpha value is -11.7. The number of hydrogen-bond acceptors (Lipinski definition) is 2. The average Bonchev–Trinajstić information content (AvgIpc) is 1.51. The summed E-state index contributed by atoms with van der Waals surface area (Å²) in [5, 5.41) is 2.92. The second kappa shape index (κ2) is 23.2. The van der Waals surface area contributed by atoms with Crippen molar-refractivity contribution in [1.29, 1.82) is 0 Å². The van der Waals surface area contributed by atoms with Gasteiger partial charge in [-0.2, -0.15) is 0 Å². The van der Waals surface area contributed by atoms with Gasteiger partial charge in [0.15, 0.2) is 0 Å². The Kier molecular flexibility index (Phi) is 13.9. The molecule has 2 nitrogen and oxygen atoms in total. The second-order valence-electron chi connectivity index (χ2n) is 34.0. The van der Waals surface area contributed by atoms with Crippen molar-refractivity contribution >= 4 is 60.6 Å². The fourth-order valence-corrected chi connectivity index (χ4v) is 24.5. The molecule has 0 unspecified atom stereocenters. The quantitative estimate of drug-likeness (QED) is 0.119. The summed E-state index contributed by atoms with van der Waals surface area (Å²) in [6.45, 7) is 22.1. The molecule has 0 aliphatic heterocycles. The second-order valence-corrected chi connectivity index (χ2v) is 43.8. The highest BCUT2D eigenvalue weighted by atomic mass is 28.3. The van der Waals surface area contributed by atoms with Gasteiger partial charge in [-0.15, -0.1) is 0 Å². The maximum Gasteiger partial charge on any atom is 0.0849 e. The number of hydrogen-bond donors (Lipinski definition) is 0. The lowest BCUT2D eigenvalue weighted by Gasteiger charge is -2.33. The van der Waals surface area contributed by atoms with Gasteiger partial charge in [0.05, 0.1) is 27.0 Å². The fraction of sp³-hybridized carbons (Fsp3) is 0.135. The van der Waals surface area contributed by atoms with E-state index in [4.69, 9.17) is 0 Å². The zero-order valence-electron chi connectivity index (χ0n) is 62.9. The molecule has 0 atom stereocenters. The zero-order valence-corrected chi connectivity index (χ0v) is 64.9. The highest BCUT2D eigenvalue weighted by Crippen LogP contribution is 2.66. The van der Waals surface area contributed by atoms with Gasteiger partial charge in [0.1, 0.15) is 0 Å². The summed E-state index contributed by atoms with van der Waals surface area (Å²) in [4.78, 5) is 5.08. The standard InChI is InChI=1S/C104H84N2Si2/c1-101(2)89-31-17-10-24-77(89)84-55-47-71(61-97(84)101)106(74-49-57-86-83-30-16-23-37-96(83)104(100(86)64-74)93-34-20-13-27-80(93)81-28-14-21-35-94(81)104)70-45-53-76(54-46-70)108(8,9)65-66-38-59-90-88(60-66)87-58-50-72(62-98(87)102(90,3)4)105(69-43-39-67(40-44-69)68-41-51-75(52-42-68)107(5,6)7)73-48-56-85-82-29-15-22-36-95(82)103(99(85)63-73)91-32-18-11-25-78(91)79-26-12-19-33-92(79)103/h10-64H,65H2,1-9H3. The molecular weight excluding hydrogens is 1330 g/mol. The Labute approximate surface area is 638 Å². The third-order valence-corrected chi connectivity index (χ3v) is 31.3. The van der Waals surface area contributed by atoms with Crippen molar-refractivity contribution in [3.63, 3.8) is 0 Å². The van der Waals surface area contributed by atoms with Gasteiger partial charge in [0.2, 0.25) is 0 Å². The summed E-state index contributed by atoms with van der Waals surface area (Å²) < 4.78 is 0. The minimum atomic E-state index is -2.14. The predicted molar refractivity (Wildman–Crippen MR) is 459 cm³/mol. The third-order valence-electron chi connectivity index (χ3n) is 26.0. The van der Waals surface area contributed by atoms with Gasteiger partial charge in [0, 0.05) is 45.0 Å². The van der Waals surface area contributed by atoms with E-state index >= 15 is 0 Å². The first-order valence-corrected chi connectivity index (χ1v) is 45.5. The number of benzene rings is 15. The Morgan fingerprint density at radius 2 is 0.491 bits per heavy atom. The lowest BCUT2D eigenvalue weighted by molar-refractivity contribution is 0.660. The first kappa shape index (κ1) is 64.7. The minimum Gasteiger partial charge on any atom is -0.310 e. The van der Waals surface area contributed by atoms with Crippen LogP contribution in [-0.4, -0.2) is 16.1 Å². The summed E-state index contributed by atoms with van der Waals surface area (Å²) in [6.07, 6.45) is 0. The summed E-state index contributed by atoms with van der Waals surface area (Å²) in [6, 6.07) is 130. The zero-order chi connectivity index (χ0) is 73.0. The summed E-state index contributed by atoms with van der Waals surface area (Å²) >= 11 is 0. The molecule has 0 N–H and O–H groups in total. The van der Waals surface area contributed by atoms with Crippen LogP contribution in [0.1, 0.15) is 100 Å². The molecule has 108 heavy (non-hydrogen) atoms. The van der Waals surface area contributed by atoms with Crippen molar-refractivity contribution < 1.29 is 0 Å². The molecule has 0 fully saturated rings. The predicted octanol–water partition coefficient (Wildman–Crippen LogP) is 25.8. The van der Waals surface area contributed by atoms with E-state index in [0.717, 1.165) is 40.2 Å². The average molecular weight is 1420 g/mol. The summed E-state index contributed by atoms with van der Waals surface area (Å²) in [7, 11) is -3.61. The molecule has 0 amide bonds. The van der Waals surface area contributed by atoms with Crippen LogP contribution in [0.2, 0.25) is 32.7 Å². The van der Waals surface area contributed by atoms with Gasteiger partial charge >= 0.3 is 0 Å². The summed E-state index contributed by atoms with van der Waals surface area (Å²) in [5.74, 6) is 0. The number of nitrogens with zero attached hydrogens (tertiary/aromatic N) is 2. The van der Waals surface area contributed by atoms with Crippen LogP contribution in [0.3, 0.4) is 0 Å². The van der Waals surface area contributed by atoms with Crippen molar-refractivity contribution in [2.75, 3.05) is 9.80 Å². The van der Waals surface area contributed by atoms with Crippen molar-refractivity contribution in [3.8, 4) is 77.9 Å². The van der Waals surface area contributed by atoms with E-state index < -0.39 is 27.0 Å². The van der Waals surface area contributed by atoms with Crippen molar-refractivity contribution in [2.45, 2.75) is 88.1 Å². The fourth-order valence-electron chi connectivity index (χ4n) is 20.8. The molecule has 15 aromatic carbocycles. The molecule has 0 aromatic heterocycles. The summed E-state index contributed by atoms with van der Waals surface area (Å²) in [5.41, 5.74) is 41.5. The molecule has 0 bridgehead atoms. The smallest absolute Gasteiger partial charge is 0.0849 e. The Morgan fingerprint density at radius 3 is 0.861 bits per heavy atom. The maximum atomic E-state index is 2.57. The first-order valence-electron chi connectivity index (χ1n) is 38.7. The van der Waals surface area contributed by atoms with E-state index in [0.29, 0.717) is 0 Å². The number of fused-ring (bicyclic) bond motifs is 26. The Balaban J connectivity index is 0.644. The van der Waals surface area contributed by atoms with Crippen LogP contribution >= 0.6 is 0 Å². The van der Waals surface area contributed by atoms with Gasteiger partial charge in [-0.05, 0) is 229 Å². The molecule has 15 aromatic rings. The van der Waals surface area contributed by atoms with E-state index in [-0.39, 0.29) is 10.8 Å². The SMILES string of the molecule is CC1(C)c2ccccc2-c2ccc(N(c3ccc([Si](C)(C)Cc4ccc5c(c4)-c4ccc(N(c6ccc(-c7ccc([Si](C)(C)C)cc7)cc6)c6ccc7c(c6)C6(c8ccccc8-c8ccccc86)c6ccccc6-7)cc4C5(C)C)cc3)c3ccc4c(c3)C3(c5ccccc5-c5ccccc53)c3ccccc3-4)cc21. The third kappa shape index (κ3) is 9.05. The Bertz CT molecular complexity index is 6170. The highest BCUT2D eigenvalue weighted by Gasteiger charge is 2.54. The topological polar surface area (TPSA) is 6.48 Å². The van der Waals surface area contributed by atoms with E-state index in [9.17, 15) is 0 Å². The molecule has 4 heteroatoms. The van der Waals surface area contributed by atoms with Gasteiger partial charge in [-0.25, -0.2) is 0 Å².